The first-order valence-corrected chi connectivity index (χ1v) is 6.74. The van der Waals surface area contributed by atoms with Crippen LogP contribution in [0.5, 0.6) is 0 Å². The van der Waals surface area contributed by atoms with Crippen molar-refractivity contribution in [2.45, 2.75) is 19.5 Å². The maximum Gasteiger partial charge on any atom is 0.416 e. The first kappa shape index (κ1) is 15.6. The van der Waals surface area contributed by atoms with Crippen LogP contribution in [0, 0.1) is 5.92 Å². The molecule has 1 heterocycles. The van der Waals surface area contributed by atoms with Crippen LogP contribution in [0.4, 0.5) is 24.5 Å². The summed E-state index contributed by atoms with van der Waals surface area (Å²) in [6.45, 7) is 4.06. The zero-order valence-electron chi connectivity index (χ0n) is 11.7. The van der Waals surface area contributed by atoms with Crippen molar-refractivity contribution in [1.82, 2.24) is 4.90 Å². The van der Waals surface area contributed by atoms with Crippen molar-refractivity contribution in [3.05, 3.63) is 23.8 Å². The third kappa shape index (κ3) is 4.10. The molecule has 2 rings (SSSR count). The van der Waals surface area contributed by atoms with Gasteiger partial charge in [0.15, 0.2) is 0 Å². The molecule has 7 heteroatoms. The van der Waals surface area contributed by atoms with Crippen LogP contribution in [0.3, 0.4) is 0 Å². The van der Waals surface area contributed by atoms with Crippen LogP contribution in [-0.4, -0.2) is 30.4 Å². The summed E-state index contributed by atoms with van der Waals surface area (Å²) in [5.74, 6) is 0.296. The smallest absolute Gasteiger partial charge is 0.397 e. The fraction of sp³-hybridized carbons (Fsp3) is 0.500. The number of alkyl halides is 3. The minimum Gasteiger partial charge on any atom is -0.397 e. The number of hydrogen-bond donors (Lipinski definition) is 2. The second-order valence-electron chi connectivity index (χ2n) is 5.48. The van der Waals surface area contributed by atoms with Crippen molar-refractivity contribution in [3.8, 4) is 0 Å². The van der Waals surface area contributed by atoms with Crippen molar-refractivity contribution in [3.63, 3.8) is 0 Å². The normalized spacial score (nSPS) is 19.7. The Morgan fingerprint density at radius 2 is 2.19 bits per heavy atom. The highest BCUT2D eigenvalue weighted by Gasteiger charge is 2.31. The molecule has 1 saturated heterocycles. The van der Waals surface area contributed by atoms with Crippen molar-refractivity contribution < 1.29 is 18.0 Å². The molecule has 21 heavy (non-hydrogen) atoms. The lowest BCUT2D eigenvalue weighted by molar-refractivity contribution is -0.137. The molecule has 0 aromatic heterocycles. The van der Waals surface area contributed by atoms with Gasteiger partial charge in [-0.05, 0) is 37.1 Å². The molecule has 0 bridgehead atoms. The highest BCUT2D eigenvalue weighted by atomic mass is 19.4. The molecule has 1 atom stereocenters. The Morgan fingerprint density at radius 1 is 1.48 bits per heavy atom. The number of carbonyl (C=O) groups is 1. The number of carbonyl (C=O) groups excluding carboxylic acids is 1. The molecular formula is C14H18F3N3O. The Kier molecular flexibility index (Phi) is 4.41. The first-order chi connectivity index (χ1) is 9.75. The van der Waals surface area contributed by atoms with Crippen LogP contribution >= 0.6 is 0 Å². The van der Waals surface area contributed by atoms with Gasteiger partial charge in [-0.1, -0.05) is 6.92 Å². The first-order valence-electron chi connectivity index (χ1n) is 6.74. The molecule has 1 aromatic carbocycles. The van der Waals surface area contributed by atoms with Gasteiger partial charge in [-0.3, -0.25) is 9.69 Å². The van der Waals surface area contributed by atoms with Crippen LogP contribution in [0.1, 0.15) is 18.9 Å². The van der Waals surface area contributed by atoms with E-state index in [-0.39, 0.29) is 23.8 Å². The van der Waals surface area contributed by atoms with E-state index in [0.29, 0.717) is 5.92 Å². The third-order valence-corrected chi connectivity index (χ3v) is 3.53. The summed E-state index contributed by atoms with van der Waals surface area (Å²) in [5.41, 5.74) is 4.86. The van der Waals surface area contributed by atoms with Crippen LogP contribution in [0.2, 0.25) is 0 Å². The number of anilines is 2. The predicted molar refractivity (Wildman–Crippen MR) is 74.7 cm³/mol. The Bertz CT molecular complexity index is 531. The van der Waals surface area contributed by atoms with Crippen molar-refractivity contribution >= 4 is 17.3 Å². The number of benzene rings is 1. The van der Waals surface area contributed by atoms with Crippen LogP contribution in [-0.2, 0) is 11.0 Å². The largest absolute Gasteiger partial charge is 0.416 e. The van der Waals surface area contributed by atoms with Gasteiger partial charge in [-0.2, -0.15) is 13.2 Å². The lowest BCUT2D eigenvalue weighted by atomic mass is 10.1. The molecule has 0 spiro atoms. The molecular weight excluding hydrogens is 283 g/mol. The molecule has 1 fully saturated rings. The Hall–Kier alpha value is -1.76. The maximum atomic E-state index is 12.5. The predicted octanol–water partition coefficient (Wildman–Crippen LogP) is 2.57. The molecule has 3 N–H and O–H groups in total. The lowest BCUT2D eigenvalue weighted by Crippen LogP contribution is -2.31. The number of rotatable bonds is 3. The average molecular weight is 301 g/mol. The Labute approximate surface area is 121 Å². The second kappa shape index (κ2) is 5.93. The summed E-state index contributed by atoms with van der Waals surface area (Å²) in [6, 6.07) is 2.92. The number of halogens is 3. The summed E-state index contributed by atoms with van der Waals surface area (Å²) in [5, 5.41) is 2.56. The van der Waals surface area contributed by atoms with Gasteiger partial charge in [-0.15, -0.1) is 0 Å². The molecule has 4 nitrogen and oxygen atoms in total. The number of amides is 1. The Balaban J connectivity index is 1.98. The number of likely N-dealkylation sites (tertiary alicyclic amines) is 1. The molecule has 0 aliphatic carbocycles. The molecule has 0 radical (unpaired) electrons. The van der Waals surface area contributed by atoms with Gasteiger partial charge in [0.05, 0.1) is 23.5 Å². The van der Waals surface area contributed by atoms with E-state index in [1.54, 1.807) is 0 Å². The summed E-state index contributed by atoms with van der Waals surface area (Å²) in [7, 11) is 0. The van der Waals surface area contributed by atoms with E-state index in [2.05, 4.69) is 12.2 Å². The number of nitrogens with one attached hydrogen (secondary N) is 1. The molecule has 0 saturated carbocycles. The number of nitrogen functional groups attached to an aromatic ring is 1. The third-order valence-electron chi connectivity index (χ3n) is 3.53. The van der Waals surface area contributed by atoms with E-state index < -0.39 is 11.7 Å². The molecule has 1 amide bonds. The topological polar surface area (TPSA) is 58.4 Å². The Morgan fingerprint density at radius 3 is 2.71 bits per heavy atom. The van der Waals surface area contributed by atoms with Gasteiger partial charge in [-0.25, -0.2) is 0 Å². The van der Waals surface area contributed by atoms with Crippen LogP contribution < -0.4 is 11.1 Å². The van der Waals surface area contributed by atoms with Gasteiger partial charge in [0, 0.05) is 6.54 Å². The molecule has 116 valence electrons. The van der Waals surface area contributed by atoms with Crippen molar-refractivity contribution in [1.29, 1.82) is 0 Å². The number of nitrogens with two attached hydrogens (primary N) is 1. The van der Waals surface area contributed by atoms with Gasteiger partial charge in [0.1, 0.15) is 0 Å². The molecule has 1 aliphatic rings. The zero-order chi connectivity index (χ0) is 15.6. The SMILES string of the molecule is CC1CCN(CC(=O)Nc2ccc(C(F)(F)F)cc2N)C1. The second-order valence-corrected chi connectivity index (χ2v) is 5.48. The van der Waals surface area contributed by atoms with Gasteiger partial charge in [0.25, 0.3) is 0 Å². The summed E-state index contributed by atoms with van der Waals surface area (Å²) < 4.78 is 37.6. The van der Waals surface area contributed by atoms with E-state index in [1.165, 1.54) is 6.07 Å². The van der Waals surface area contributed by atoms with E-state index in [9.17, 15) is 18.0 Å². The standard InChI is InChI=1S/C14H18F3N3O/c1-9-4-5-20(7-9)8-13(21)19-12-3-2-10(6-11(12)18)14(15,16)17/h2-3,6,9H,4-5,7-8,18H2,1H3,(H,19,21). The van der Waals surface area contributed by atoms with E-state index in [4.69, 9.17) is 5.73 Å². The maximum absolute atomic E-state index is 12.5. The average Bonchev–Trinajstić information content (AvgIpc) is 2.76. The van der Waals surface area contributed by atoms with Gasteiger partial charge >= 0.3 is 6.18 Å². The number of nitrogens with zero attached hydrogens (tertiary/aromatic N) is 1. The zero-order valence-corrected chi connectivity index (χ0v) is 11.7. The minimum atomic E-state index is -4.44. The summed E-state index contributed by atoms with van der Waals surface area (Å²) in [4.78, 5) is 13.9. The van der Waals surface area contributed by atoms with Gasteiger partial charge in [0.2, 0.25) is 5.91 Å². The van der Waals surface area contributed by atoms with E-state index in [1.807, 2.05) is 4.90 Å². The highest BCUT2D eigenvalue weighted by molar-refractivity contribution is 5.95. The van der Waals surface area contributed by atoms with Crippen molar-refractivity contribution in [2.75, 3.05) is 30.7 Å². The monoisotopic (exact) mass is 301 g/mol. The fourth-order valence-corrected chi connectivity index (χ4v) is 2.42. The number of hydrogen-bond acceptors (Lipinski definition) is 3. The quantitative estimate of drug-likeness (QED) is 0.844. The van der Waals surface area contributed by atoms with Crippen molar-refractivity contribution in [2.24, 2.45) is 5.92 Å². The van der Waals surface area contributed by atoms with Crippen LogP contribution in [0.25, 0.3) is 0 Å². The molecule has 1 aliphatic heterocycles. The van der Waals surface area contributed by atoms with E-state index in [0.717, 1.165) is 31.6 Å². The highest BCUT2D eigenvalue weighted by Crippen LogP contribution is 2.32. The summed E-state index contributed by atoms with van der Waals surface area (Å²) >= 11 is 0. The summed E-state index contributed by atoms with van der Waals surface area (Å²) in [6.07, 6.45) is -3.39. The lowest BCUT2D eigenvalue weighted by Gasteiger charge is -2.16. The molecule has 1 aromatic rings. The fourth-order valence-electron chi connectivity index (χ4n) is 2.42. The van der Waals surface area contributed by atoms with E-state index >= 15 is 0 Å². The van der Waals surface area contributed by atoms with Gasteiger partial charge < -0.3 is 11.1 Å². The molecule has 1 unspecified atom stereocenters. The van der Waals surface area contributed by atoms with Crippen LogP contribution in [0.15, 0.2) is 18.2 Å². The minimum absolute atomic E-state index is 0.0898.